The van der Waals surface area contributed by atoms with E-state index >= 15 is 0 Å². The number of carbonyl (C=O) groups is 4. The van der Waals surface area contributed by atoms with Crippen LogP contribution in [0.4, 0.5) is 4.39 Å². The number of hydrogen-bond acceptors (Lipinski definition) is 5. The van der Waals surface area contributed by atoms with Crippen LogP contribution in [0.3, 0.4) is 0 Å². The fraction of sp³-hybridized carbons (Fsp3) is 0.524. The van der Waals surface area contributed by atoms with E-state index in [-0.39, 0.29) is 37.6 Å². The number of ketones is 1. The van der Waals surface area contributed by atoms with Crippen molar-refractivity contribution in [2.24, 2.45) is 0 Å². The Morgan fingerprint density at radius 2 is 1.69 bits per heavy atom. The van der Waals surface area contributed by atoms with Crippen LogP contribution in [0.5, 0.6) is 0 Å². The van der Waals surface area contributed by atoms with E-state index in [1.165, 1.54) is 36.1 Å². The smallest absolute Gasteiger partial charge is 0.329 e. The van der Waals surface area contributed by atoms with Crippen LogP contribution in [0, 0.1) is 5.82 Å². The monoisotopic (exact) mass is 408 g/mol. The standard InChI is InChI=1S/C21H29FN2O5/c1-14(20(28)29-21(3,4)5)24(13-12-23-15(2)25)19(27)11-10-18(26)16-6-8-17(22)9-7-16/h6-9,14H,10-13H2,1-5H3,(H,23,25)/t14-/m0/s1. The Morgan fingerprint density at radius 1 is 1.10 bits per heavy atom. The van der Waals surface area contributed by atoms with Crippen molar-refractivity contribution in [3.8, 4) is 0 Å². The molecule has 0 heterocycles. The van der Waals surface area contributed by atoms with Crippen LogP contribution in [0.1, 0.15) is 57.8 Å². The van der Waals surface area contributed by atoms with Gasteiger partial charge in [0.2, 0.25) is 11.8 Å². The van der Waals surface area contributed by atoms with Gasteiger partial charge in [-0.05, 0) is 52.0 Å². The van der Waals surface area contributed by atoms with Crippen LogP contribution < -0.4 is 5.32 Å². The third-order valence-corrected chi connectivity index (χ3v) is 3.99. The lowest BCUT2D eigenvalue weighted by Crippen LogP contribution is -2.48. The lowest BCUT2D eigenvalue weighted by atomic mass is 10.1. The van der Waals surface area contributed by atoms with Gasteiger partial charge >= 0.3 is 5.97 Å². The third-order valence-electron chi connectivity index (χ3n) is 3.99. The summed E-state index contributed by atoms with van der Waals surface area (Å²) in [6.45, 7) is 8.34. The lowest BCUT2D eigenvalue weighted by Gasteiger charge is -2.30. The molecule has 0 aliphatic heterocycles. The summed E-state index contributed by atoms with van der Waals surface area (Å²) in [4.78, 5) is 49.7. The van der Waals surface area contributed by atoms with Gasteiger partial charge in [0.1, 0.15) is 17.5 Å². The molecule has 0 bridgehead atoms. The quantitative estimate of drug-likeness (QED) is 0.501. The van der Waals surface area contributed by atoms with E-state index in [9.17, 15) is 23.6 Å². The SMILES string of the molecule is CC(=O)NCCN(C(=O)CCC(=O)c1ccc(F)cc1)[C@@H](C)C(=O)OC(C)(C)C. The van der Waals surface area contributed by atoms with Crippen LogP contribution >= 0.6 is 0 Å². The Balaban J connectivity index is 2.80. The summed E-state index contributed by atoms with van der Waals surface area (Å²) in [6, 6.07) is 4.20. The second-order valence-electron chi connectivity index (χ2n) is 7.71. The van der Waals surface area contributed by atoms with Crippen molar-refractivity contribution in [2.75, 3.05) is 13.1 Å². The highest BCUT2D eigenvalue weighted by molar-refractivity contribution is 5.98. The van der Waals surface area contributed by atoms with Gasteiger partial charge in [0.15, 0.2) is 5.78 Å². The van der Waals surface area contributed by atoms with Crippen LogP contribution in [0.2, 0.25) is 0 Å². The molecule has 2 amide bonds. The highest BCUT2D eigenvalue weighted by atomic mass is 19.1. The largest absolute Gasteiger partial charge is 0.458 e. The summed E-state index contributed by atoms with van der Waals surface area (Å²) in [5.41, 5.74) is -0.403. The van der Waals surface area contributed by atoms with Crippen molar-refractivity contribution in [1.29, 1.82) is 0 Å². The summed E-state index contributed by atoms with van der Waals surface area (Å²) in [5, 5.41) is 2.58. The summed E-state index contributed by atoms with van der Waals surface area (Å²) in [5.74, 6) is -1.99. The molecule has 29 heavy (non-hydrogen) atoms. The average Bonchev–Trinajstić information content (AvgIpc) is 2.61. The van der Waals surface area contributed by atoms with E-state index in [1.807, 2.05) is 0 Å². The first-order valence-corrected chi connectivity index (χ1v) is 9.46. The first kappa shape index (κ1) is 24.3. The number of hydrogen-bond donors (Lipinski definition) is 1. The van der Waals surface area contributed by atoms with Gasteiger partial charge in [-0.25, -0.2) is 9.18 Å². The predicted octanol–water partition coefficient (Wildman–Crippen LogP) is 2.48. The Labute approximate surface area is 170 Å². The highest BCUT2D eigenvalue weighted by Crippen LogP contribution is 2.14. The summed E-state index contributed by atoms with van der Waals surface area (Å²) >= 11 is 0. The first-order chi connectivity index (χ1) is 13.4. The number of nitrogens with one attached hydrogen (secondary N) is 1. The number of Topliss-reactive ketones (excluding diaryl/α,β-unsaturated/α-hetero) is 1. The van der Waals surface area contributed by atoms with Gasteiger partial charge in [-0.15, -0.1) is 0 Å². The fourth-order valence-corrected chi connectivity index (χ4v) is 2.55. The Morgan fingerprint density at radius 3 is 2.21 bits per heavy atom. The second-order valence-corrected chi connectivity index (χ2v) is 7.71. The molecule has 0 saturated heterocycles. The molecule has 0 radical (unpaired) electrons. The van der Waals surface area contributed by atoms with Crippen molar-refractivity contribution in [2.45, 2.75) is 59.1 Å². The molecule has 1 N–H and O–H groups in total. The zero-order valence-corrected chi connectivity index (χ0v) is 17.6. The van der Waals surface area contributed by atoms with E-state index in [1.54, 1.807) is 27.7 Å². The average molecular weight is 408 g/mol. The zero-order valence-electron chi connectivity index (χ0n) is 17.6. The van der Waals surface area contributed by atoms with Gasteiger partial charge in [0, 0.05) is 38.4 Å². The topological polar surface area (TPSA) is 92.8 Å². The van der Waals surface area contributed by atoms with E-state index in [0.29, 0.717) is 5.56 Å². The molecular weight excluding hydrogens is 379 g/mol. The van der Waals surface area contributed by atoms with Crippen molar-refractivity contribution >= 4 is 23.6 Å². The fourth-order valence-electron chi connectivity index (χ4n) is 2.55. The molecule has 7 nitrogen and oxygen atoms in total. The maximum atomic E-state index is 13.0. The maximum Gasteiger partial charge on any atom is 0.329 e. The molecule has 0 saturated carbocycles. The van der Waals surface area contributed by atoms with Crippen LogP contribution in [0.15, 0.2) is 24.3 Å². The highest BCUT2D eigenvalue weighted by Gasteiger charge is 2.29. The Bertz CT molecular complexity index is 740. The van der Waals surface area contributed by atoms with E-state index < -0.39 is 29.3 Å². The summed E-state index contributed by atoms with van der Waals surface area (Å²) < 4.78 is 18.3. The van der Waals surface area contributed by atoms with Crippen LogP contribution in [-0.4, -0.2) is 53.2 Å². The molecule has 1 aromatic carbocycles. The minimum absolute atomic E-state index is 0.0812. The third kappa shape index (κ3) is 8.85. The van der Waals surface area contributed by atoms with Gasteiger partial charge < -0.3 is 15.0 Å². The molecule has 0 spiro atoms. The first-order valence-electron chi connectivity index (χ1n) is 9.46. The molecule has 160 valence electrons. The number of halogens is 1. The molecule has 1 aromatic rings. The van der Waals surface area contributed by atoms with Crippen LogP contribution in [-0.2, 0) is 19.1 Å². The van der Waals surface area contributed by atoms with Crippen molar-refractivity contribution < 1.29 is 28.3 Å². The predicted molar refractivity (Wildman–Crippen MR) is 106 cm³/mol. The van der Waals surface area contributed by atoms with Gasteiger partial charge in [0.25, 0.3) is 0 Å². The normalized spacial score (nSPS) is 12.1. The molecular formula is C21H29FN2O5. The van der Waals surface area contributed by atoms with Gasteiger partial charge in [0.05, 0.1) is 0 Å². The number of amides is 2. The van der Waals surface area contributed by atoms with Gasteiger partial charge in [-0.2, -0.15) is 0 Å². The zero-order chi connectivity index (χ0) is 22.2. The number of ether oxygens (including phenoxy) is 1. The maximum absolute atomic E-state index is 13.0. The number of esters is 1. The molecule has 0 aromatic heterocycles. The minimum atomic E-state index is -0.878. The number of nitrogens with zero attached hydrogens (tertiary/aromatic N) is 1. The van der Waals surface area contributed by atoms with Gasteiger partial charge in [-0.3, -0.25) is 14.4 Å². The van der Waals surface area contributed by atoms with Gasteiger partial charge in [-0.1, -0.05) is 0 Å². The van der Waals surface area contributed by atoms with E-state index in [0.717, 1.165) is 0 Å². The molecule has 0 aliphatic carbocycles. The van der Waals surface area contributed by atoms with Crippen molar-refractivity contribution in [3.05, 3.63) is 35.6 Å². The van der Waals surface area contributed by atoms with E-state index in [4.69, 9.17) is 4.74 Å². The molecule has 1 atom stereocenters. The molecule has 8 heteroatoms. The second kappa shape index (κ2) is 10.7. The van der Waals surface area contributed by atoms with Crippen molar-refractivity contribution in [3.63, 3.8) is 0 Å². The Hall–Kier alpha value is -2.77. The minimum Gasteiger partial charge on any atom is -0.458 e. The van der Waals surface area contributed by atoms with E-state index in [2.05, 4.69) is 5.32 Å². The number of carbonyl (C=O) groups excluding carboxylic acids is 4. The molecule has 1 rings (SSSR count). The summed E-state index contributed by atoms with van der Waals surface area (Å²) in [6.07, 6.45) is -0.203. The van der Waals surface area contributed by atoms with Crippen molar-refractivity contribution in [1.82, 2.24) is 10.2 Å². The Kier molecular flexibility index (Phi) is 8.94. The molecule has 0 aliphatic rings. The summed E-state index contributed by atoms with van der Waals surface area (Å²) in [7, 11) is 0. The number of rotatable bonds is 9. The molecule has 0 unspecified atom stereocenters. The molecule has 0 fully saturated rings. The van der Waals surface area contributed by atoms with Crippen LogP contribution in [0.25, 0.3) is 0 Å². The lowest BCUT2D eigenvalue weighted by molar-refractivity contribution is -0.164. The number of benzene rings is 1.